The van der Waals surface area contributed by atoms with Crippen molar-refractivity contribution >= 4 is 17.4 Å². The zero-order valence-corrected chi connectivity index (χ0v) is 9.73. The van der Waals surface area contributed by atoms with E-state index in [9.17, 15) is 4.79 Å². The normalized spacial score (nSPS) is 12.4. The van der Waals surface area contributed by atoms with E-state index in [0.717, 1.165) is 17.0 Å². The summed E-state index contributed by atoms with van der Waals surface area (Å²) in [6.45, 7) is 3.69. The second-order valence-electron chi connectivity index (χ2n) is 3.38. The second kappa shape index (κ2) is 5.85. The summed E-state index contributed by atoms with van der Waals surface area (Å²) in [5, 5.41) is 0. The van der Waals surface area contributed by atoms with Gasteiger partial charge in [0.25, 0.3) is 0 Å². The summed E-state index contributed by atoms with van der Waals surface area (Å²) in [5.41, 5.74) is 2.48. The molecule has 0 saturated heterocycles. The van der Waals surface area contributed by atoms with Crippen molar-refractivity contribution in [3.8, 4) is 0 Å². The summed E-state index contributed by atoms with van der Waals surface area (Å²) in [7, 11) is 1.36. The van der Waals surface area contributed by atoms with Crippen LogP contribution in [0, 0.1) is 0 Å². The van der Waals surface area contributed by atoms with Gasteiger partial charge < -0.3 is 4.74 Å². The average molecular weight is 217 g/mol. The molecule has 0 N–H and O–H groups in total. The zero-order chi connectivity index (χ0) is 12.0. The monoisotopic (exact) mass is 217 g/mol. The standard InChI is InChI=1S/C13H15NO2/c1-10(9-13(15)16-3)11(2)14-12-7-5-4-6-8-12/h4-9H,1-3H3/b10-9+,14-11?. The largest absolute Gasteiger partial charge is 0.466 e. The van der Waals surface area contributed by atoms with Crippen molar-refractivity contribution in [1.29, 1.82) is 0 Å². The molecule has 1 aromatic rings. The third kappa shape index (κ3) is 3.69. The van der Waals surface area contributed by atoms with Crippen molar-refractivity contribution in [2.45, 2.75) is 13.8 Å². The molecular formula is C13H15NO2. The number of aliphatic imine (C=N–C) groups is 1. The van der Waals surface area contributed by atoms with Crippen molar-refractivity contribution in [2.75, 3.05) is 7.11 Å². The van der Waals surface area contributed by atoms with Gasteiger partial charge in [-0.2, -0.15) is 0 Å². The zero-order valence-electron chi connectivity index (χ0n) is 9.73. The summed E-state index contributed by atoms with van der Waals surface area (Å²) in [5.74, 6) is -0.361. The van der Waals surface area contributed by atoms with Gasteiger partial charge in [0.05, 0.1) is 12.8 Å². The number of benzene rings is 1. The Labute approximate surface area is 95.5 Å². The smallest absolute Gasteiger partial charge is 0.330 e. The maximum absolute atomic E-state index is 11.0. The molecule has 0 bridgehead atoms. The molecule has 0 unspecified atom stereocenters. The van der Waals surface area contributed by atoms with Crippen LogP contribution in [0.25, 0.3) is 0 Å². The van der Waals surface area contributed by atoms with E-state index in [2.05, 4.69) is 9.73 Å². The summed E-state index contributed by atoms with van der Waals surface area (Å²) in [6.07, 6.45) is 1.43. The molecule has 0 amide bonds. The first kappa shape index (κ1) is 12.2. The van der Waals surface area contributed by atoms with Gasteiger partial charge in [-0.1, -0.05) is 18.2 Å². The van der Waals surface area contributed by atoms with Gasteiger partial charge >= 0.3 is 5.97 Å². The number of carbonyl (C=O) groups excluding carboxylic acids is 1. The molecule has 0 aliphatic rings. The lowest BCUT2D eigenvalue weighted by atomic mass is 10.2. The fourth-order valence-corrected chi connectivity index (χ4v) is 1.12. The van der Waals surface area contributed by atoms with E-state index in [4.69, 9.17) is 0 Å². The Balaban J connectivity index is 2.86. The first-order chi connectivity index (χ1) is 7.63. The van der Waals surface area contributed by atoms with E-state index in [1.165, 1.54) is 13.2 Å². The first-order valence-corrected chi connectivity index (χ1v) is 5.00. The highest BCUT2D eigenvalue weighted by atomic mass is 16.5. The van der Waals surface area contributed by atoms with Gasteiger partial charge in [-0.3, -0.25) is 4.99 Å². The average Bonchev–Trinajstić information content (AvgIpc) is 2.30. The third-order valence-electron chi connectivity index (χ3n) is 2.16. The number of para-hydroxylation sites is 1. The summed E-state index contributed by atoms with van der Waals surface area (Å²) in [6, 6.07) is 9.60. The maximum Gasteiger partial charge on any atom is 0.330 e. The number of esters is 1. The van der Waals surface area contributed by atoms with E-state index in [1.807, 2.05) is 44.2 Å². The van der Waals surface area contributed by atoms with Crippen LogP contribution in [0.15, 0.2) is 47.0 Å². The number of hydrogen-bond donors (Lipinski definition) is 0. The summed E-state index contributed by atoms with van der Waals surface area (Å²) < 4.78 is 4.55. The Hall–Kier alpha value is -1.90. The van der Waals surface area contributed by atoms with Crippen molar-refractivity contribution in [3.63, 3.8) is 0 Å². The fraction of sp³-hybridized carbons (Fsp3) is 0.231. The van der Waals surface area contributed by atoms with Crippen molar-refractivity contribution in [3.05, 3.63) is 42.0 Å². The van der Waals surface area contributed by atoms with Gasteiger partial charge in [-0.15, -0.1) is 0 Å². The van der Waals surface area contributed by atoms with E-state index < -0.39 is 0 Å². The lowest BCUT2D eigenvalue weighted by Crippen LogP contribution is -2.00. The molecular weight excluding hydrogens is 202 g/mol. The Kier molecular flexibility index (Phi) is 4.45. The maximum atomic E-state index is 11.0. The molecule has 0 aromatic heterocycles. The predicted molar refractivity (Wildman–Crippen MR) is 65.0 cm³/mol. The number of carbonyl (C=O) groups is 1. The predicted octanol–water partition coefficient (Wildman–Crippen LogP) is 2.90. The van der Waals surface area contributed by atoms with Gasteiger partial charge in [0, 0.05) is 11.8 Å². The lowest BCUT2D eigenvalue weighted by molar-refractivity contribution is -0.134. The van der Waals surface area contributed by atoms with Crippen LogP contribution in [0.5, 0.6) is 0 Å². The van der Waals surface area contributed by atoms with Crippen LogP contribution in [0.4, 0.5) is 5.69 Å². The molecule has 3 heteroatoms. The van der Waals surface area contributed by atoms with Crippen LogP contribution in [-0.2, 0) is 9.53 Å². The van der Waals surface area contributed by atoms with Crippen LogP contribution >= 0.6 is 0 Å². The van der Waals surface area contributed by atoms with E-state index in [-0.39, 0.29) is 5.97 Å². The van der Waals surface area contributed by atoms with Crippen LogP contribution in [0.2, 0.25) is 0 Å². The molecule has 84 valence electrons. The van der Waals surface area contributed by atoms with Crippen LogP contribution in [0.1, 0.15) is 13.8 Å². The minimum Gasteiger partial charge on any atom is -0.466 e. The Morgan fingerprint density at radius 2 is 1.88 bits per heavy atom. The Morgan fingerprint density at radius 1 is 1.25 bits per heavy atom. The number of allylic oxidation sites excluding steroid dienone is 1. The van der Waals surface area contributed by atoms with Gasteiger partial charge in [0.15, 0.2) is 0 Å². The Bertz CT molecular complexity index is 419. The minimum absolute atomic E-state index is 0.361. The van der Waals surface area contributed by atoms with Crippen molar-refractivity contribution in [1.82, 2.24) is 0 Å². The highest BCUT2D eigenvalue weighted by Crippen LogP contribution is 2.12. The SMILES string of the molecule is COC(=O)/C=C(\C)C(C)=Nc1ccccc1. The molecule has 0 radical (unpaired) electrons. The lowest BCUT2D eigenvalue weighted by Gasteiger charge is -2.00. The van der Waals surface area contributed by atoms with Crippen molar-refractivity contribution < 1.29 is 9.53 Å². The molecule has 0 fully saturated rings. The van der Waals surface area contributed by atoms with Crippen molar-refractivity contribution in [2.24, 2.45) is 4.99 Å². The number of rotatable bonds is 3. The number of hydrogen-bond acceptors (Lipinski definition) is 3. The van der Waals surface area contributed by atoms with Gasteiger partial charge in [-0.05, 0) is 31.6 Å². The highest BCUT2D eigenvalue weighted by Gasteiger charge is 2.00. The number of nitrogens with zero attached hydrogens (tertiary/aromatic N) is 1. The van der Waals surface area contributed by atoms with Gasteiger partial charge in [-0.25, -0.2) is 4.79 Å². The molecule has 0 atom stereocenters. The molecule has 1 aromatic carbocycles. The summed E-state index contributed by atoms with van der Waals surface area (Å²) in [4.78, 5) is 15.4. The van der Waals surface area contributed by atoms with Crippen LogP contribution in [-0.4, -0.2) is 18.8 Å². The molecule has 0 aliphatic carbocycles. The second-order valence-corrected chi connectivity index (χ2v) is 3.38. The molecule has 0 heterocycles. The Morgan fingerprint density at radius 3 is 2.44 bits per heavy atom. The van der Waals surface area contributed by atoms with Gasteiger partial charge in [0.2, 0.25) is 0 Å². The molecule has 3 nitrogen and oxygen atoms in total. The molecule has 1 rings (SSSR count). The molecule has 0 saturated carbocycles. The minimum atomic E-state index is -0.361. The molecule has 0 spiro atoms. The number of ether oxygens (including phenoxy) is 1. The summed E-state index contributed by atoms with van der Waals surface area (Å²) >= 11 is 0. The third-order valence-corrected chi connectivity index (χ3v) is 2.16. The first-order valence-electron chi connectivity index (χ1n) is 5.00. The quantitative estimate of drug-likeness (QED) is 0.443. The molecule has 0 aliphatic heterocycles. The van der Waals surface area contributed by atoms with Crippen LogP contribution < -0.4 is 0 Å². The van der Waals surface area contributed by atoms with Crippen LogP contribution in [0.3, 0.4) is 0 Å². The van der Waals surface area contributed by atoms with E-state index in [1.54, 1.807) is 0 Å². The van der Waals surface area contributed by atoms with E-state index in [0.29, 0.717) is 0 Å². The highest BCUT2D eigenvalue weighted by molar-refractivity contribution is 6.03. The van der Waals surface area contributed by atoms with Gasteiger partial charge in [0.1, 0.15) is 0 Å². The fourth-order valence-electron chi connectivity index (χ4n) is 1.12. The topological polar surface area (TPSA) is 38.7 Å². The molecule has 16 heavy (non-hydrogen) atoms. The number of methoxy groups -OCH3 is 1. The van der Waals surface area contributed by atoms with E-state index >= 15 is 0 Å².